The van der Waals surface area contributed by atoms with Crippen molar-refractivity contribution in [2.24, 2.45) is 21.7 Å². The normalized spacial score (nSPS) is 18.9. The van der Waals surface area contributed by atoms with Crippen LogP contribution in [0.4, 0.5) is 10.5 Å². The van der Waals surface area contributed by atoms with Gasteiger partial charge in [-0.05, 0) is 52.3 Å². The fourth-order valence-electron chi connectivity index (χ4n) is 4.65. The first kappa shape index (κ1) is 29.3. The molecule has 2 atom stereocenters. The van der Waals surface area contributed by atoms with E-state index in [1.54, 1.807) is 34.2 Å². The fourth-order valence-corrected chi connectivity index (χ4v) is 4.90. The number of nitrogens with zero attached hydrogens (tertiary/aromatic N) is 4. The number of nitrogens with two attached hydrogens (primary N) is 1. The summed E-state index contributed by atoms with van der Waals surface area (Å²) in [4.78, 5) is 32.4. The molecule has 0 spiro atoms. The van der Waals surface area contributed by atoms with E-state index in [0.717, 1.165) is 6.42 Å². The van der Waals surface area contributed by atoms with Crippen molar-refractivity contribution >= 4 is 41.2 Å². The molecule has 0 bridgehead atoms. The molecule has 1 aromatic carbocycles. The molecule has 216 valence electrons. The maximum atomic E-state index is 13.6. The Hall–Kier alpha value is -3.73. The van der Waals surface area contributed by atoms with Gasteiger partial charge >= 0.3 is 6.09 Å². The number of carbonyl (C=O) groups excluding carboxylic acids is 2. The van der Waals surface area contributed by atoms with E-state index in [1.807, 2.05) is 34.6 Å². The standard InChI is InChI=1S/C28H37ClN6O5/c1-6-8-18(16-34(7-2)27(37)40-28(3,4)5)35-25-19(14-23(30)31-15-20(25)29)24(33-35)26(36)32-17-9-10-21-22(13-17)39-12-11-38-21/h9-10,13-15,18-19H,6-8,11-12,16,30H2,1-5H3,(H,32,36). The Morgan fingerprint density at radius 1 is 1.25 bits per heavy atom. The van der Waals surface area contributed by atoms with Gasteiger partial charge in [-0.2, -0.15) is 5.10 Å². The average molecular weight is 573 g/mol. The summed E-state index contributed by atoms with van der Waals surface area (Å²) in [7, 11) is 0. The van der Waals surface area contributed by atoms with Gasteiger partial charge in [-0.25, -0.2) is 9.79 Å². The minimum atomic E-state index is -0.636. The van der Waals surface area contributed by atoms with Crippen molar-refractivity contribution in [1.29, 1.82) is 0 Å². The summed E-state index contributed by atoms with van der Waals surface area (Å²) in [5.74, 6) is 0.334. The number of aliphatic imine (C=N–C) groups is 1. The molecule has 12 heteroatoms. The average Bonchev–Trinajstić information content (AvgIpc) is 3.20. The summed E-state index contributed by atoms with van der Waals surface area (Å²) in [5.41, 5.74) is 6.78. The molecule has 0 aromatic heterocycles. The minimum Gasteiger partial charge on any atom is -0.486 e. The number of nitrogens with one attached hydrogen (secondary N) is 1. The van der Waals surface area contributed by atoms with Crippen LogP contribution in [0.2, 0.25) is 0 Å². The van der Waals surface area contributed by atoms with Crippen LogP contribution in [0.5, 0.6) is 11.5 Å². The van der Waals surface area contributed by atoms with Crippen LogP contribution in [0.3, 0.4) is 0 Å². The molecule has 3 heterocycles. The Kier molecular flexibility index (Phi) is 8.92. The number of ether oxygens (including phenoxy) is 3. The number of rotatable bonds is 8. The van der Waals surface area contributed by atoms with Crippen LogP contribution in [-0.2, 0) is 9.53 Å². The lowest BCUT2D eigenvalue weighted by atomic mass is 9.97. The van der Waals surface area contributed by atoms with Gasteiger partial charge in [0.1, 0.15) is 30.3 Å². The molecule has 2 unspecified atom stereocenters. The van der Waals surface area contributed by atoms with Gasteiger partial charge in [0, 0.05) is 31.1 Å². The van der Waals surface area contributed by atoms with E-state index >= 15 is 0 Å². The Bertz CT molecular complexity index is 1270. The fraction of sp³-hybridized carbons (Fsp3) is 0.500. The first-order chi connectivity index (χ1) is 19.0. The smallest absolute Gasteiger partial charge is 0.410 e. The molecule has 0 radical (unpaired) electrons. The second-order valence-electron chi connectivity index (χ2n) is 10.7. The Balaban J connectivity index is 1.66. The van der Waals surface area contributed by atoms with Crippen molar-refractivity contribution in [3.8, 4) is 11.5 Å². The molecule has 40 heavy (non-hydrogen) atoms. The number of allylic oxidation sites excluding steroid dienone is 2. The van der Waals surface area contributed by atoms with Crippen LogP contribution in [0.25, 0.3) is 0 Å². The van der Waals surface area contributed by atoms with Crippen LogP contribution in [-0.4, -0.2) is 71.8 Å². The first-order valence-corrected chi connectivity index (χ1v) is 13.9. The zero-order chi connectivity index (χ0) is 29.0. The van der Waals surface area contributed by atoms with Crippen molar-refractivity contribution in [1.82, 2.24) is 9.91 Å². The molecule has 2 amide bonds. The SMILES string of the molecule is CCCC(CN(CC)C(=O)OC(C)(C)C)N1N=C(C(=O)Nc2ccc3c(c2)OCCO3)C2C=C(N)N=CC(Cl)=C21. The molecule has 3 aliphatic heterocycles. The Morgan fingerprint density at radius 3 is 2.65 bits per heavy atom. The van der Waals surface area contributed by atoms with Gasteiger partial charge in [0.05, 0.1) is 22.7 Å². The number of hydrazone groups is 1. The molecule has 3 aliphatic rings. The van der Waals surface area contributed by atoms with Crippen molar-refractivity contribution in [3.63, 3.8) is 0 Å². The van der Waals surface area contributed by atoms with E-state index in [2.05, 4.69) is 10.3 Å². The summed E-state index contributed by atoms with van der Waals surface area (Å²) in [5, 5.41) is 9.75. The van der Waals surface area contributed by atoms with E-state index < -0.39 is 23.5 Å². The van der Waals surface area contributed by atoms with Gasteiger partial charge in [-0.15, -0.1) is 0 Å². The third-order valence-electron chi connectivity index (χ3n) is 6.43. The number of fused-ring (bicyclic) bond motifs is 2. The highest BCUT2D eigenvalue weighted by atomic mass is 35.5. The highest BCUT2D eigenvalue weighted by Gasteiger charge is 2.41. The molecule has 0 aliphatic carbocycles. The van der Waals surface area contributed by atoms with Crippen LogP contribution >= 0.6 is 11.6 Å². The Labute approximate surface area is 239 Å². The minimum absolute atomic E-state index is 0.206. The molecule has 1 aromatic rings. The third-order valence-corrected chi connectivity index (χ3v) is 6.72. The maximum absolute atomic E-state index is 13.6. The Morgan fingerprint density at radius 2 is 1.98 bits per heavy atom. The lowest BCUT2D eigenvalue weighted by Crippen LogP contribution is -2.45. The quantitative estimate of drug-likeness (QED) is 0.470. The topological polar surface area (TPSA) is 131 Å². The third kappa shape index (κ3) is 6.70. The zero-order valence-corrected chi connectivity index (χ0v) is 24.3. The largest absolute Gasteiger partial charge is 0.486 e. The zero-order valence-electron chi connectivity index (χ0n) is 23.6. The van der Waals surface area contributed by atoms with Crippen molar-refractivity contribution in [2.45, 2.75) is 59.1 Å². The number of likely N-dealkylation sites (N-methyl/N-ethyl adjacent to an activating group) is 1. The number of halogens is 1. The molecule has 0 saturated heterocycles. The van der Waals surface area contributed by atoms with Gasteiger partial charge in [-0.3, -0.25) is 9.80 Å². The summed E-state index contributed by atoms with van der Waals surface area (Å²) in [6, 6.07) is 4.91. The molecule has 0 fully saturated rings. The predicted molar refractivity (Wildman–Crippen MR) is 155 cm³/mol. The van der Waals surface area contributed by atoms with Crippen molar-refractivity contribution in [3.05, 3.63) is 40.8 Å². The summed E-state index contributed by atoms with van der Waals surface area (Å²) in [6.45, 7) is 11.1. The molecular weight excluding hydrogens is 536 g/mol. The van der Waals surface area contributed by atoms with Gasteiger partial charge in [0.2, 0.25) is 0 Å². The number of anilines is 1. The second-order valence-corrected chi connectivity index (χ2v) is 11.1. The number of amides is 2. The molecule has 11 nitrogen and oxygen atoms in total. The summed E-state index contributed by atoms with van der Waals surface area (Å²) >= 11 is 6.72. The summed E-state index contributed by atoms with van der Waals surface area (Å²) in [6.07, 6.45) is 4.19. The second kappa shape index (κ2) is 12.2. The van der Waals surface area contributed by atoms with E-state index in [1.165, 1.54) is 6.21 Å². The highest BCUT2D eigenvalue weighted by Crippen LogP contribution is 2.37. The number of benzene rings is 1. The van der Waals surface area contributed by atoms with E-state index in [4.69, 9.17) is 36.6 Å². The lowest BCUT2D eigenvalue weighted by Gasteiger charge is -2.34. The van der Waals surface area contributed by atoms with Gasteiger partial charge in [0.15, 0.2) is 11.5 Å². The number of hydrogen-bond acceptors (Lipinski definition) is 9. The van der Waals surface area contributed by atoms with E-state index in [0.29, 0.717) is 60.6 Å². The highest BCUT2D eigenvalue weighted by molar-refractivity contribution is 6.46. The molecule has 0 saturated carbocycles. The summed E-state index contributed by atoms with van der Waals surface area (Å²) < 4.78 is 16.9. The van der Waals surface area contributed by atoms with Gasteiger partial charge < -0.3 is 30.2 Å². The van der Waals surface area contributed by atoms with E-state index in [-0.39, 0.29) is 17.6 Å². The predicted octanol–water partition coefficient (Wildman–Crippen LogP) is 4.44. The molecular formula is C28H37ClN6O5. The van der Waals surface area contributed by atoms with Crippen molar-refractivity contribution in [2.75, 3.05) is 31.6 Å². The van der Waals surface area contributed by atoms with Crippen LogP contribution < -0.4 is 20.5 Å². The van der Waals surface area contributed by atoms with Crippen molar-refractivity contribution < 1.29 is 23.8 Å². The van der Waals surface area contributed by atoms with Gasteiger partial charge in [0.25, 0.3) is 5.91 Å². The van der Waals surface area contributed by atoms with Gasteiger partial charge in [-0.1, -0.05) is 24.9 Å². The molecule has 3 N–H and O–H groups in total. The first-order valence-electron chi connectivity index (χ1n) is 13.5. The van der Waals surface area contributed by atoms with Crippen LogP contribution in [0.1, 0.15) is 47.5 Å². The maximum Gasteiger partial charge on any atom is 0.410 e. The van der Waals surface area contributed by atoms with E-state index in [9.17, 15) is 9.59 Å². The lowest BCUT2D eigenvalue weighted by molar-refractivity contribution is -0.110. The monoisotopic (exact) mass is 572 g/mol. The number of carbonyl (C=O) groups is 2. The number of hydrogen-bond donors (Lipinski definition) is 2. The molecule has 4 rings (SSSR count). The van der Waals surface area contributed by atoms with Crippen LogP contribution in [0.15, 0.2) is 50.9 Å². The van der Waals surface area contributed by atoms with Crippen LogP contribution in [0, 0.1) is 5.92 Å².